The van der Waals surface area contributed by atoms with Crippen molar-refractivity contribution in [1.29, 1.82) is 0 Å². The van der Waals surface area contributed by atoms with E-state index in [0.717, 1.165) is 6.07 Å². The van der Waals surface area contributed by atoms with Crippen LogP contribution in [0.1, 0.15) is 25.0 Å². The monoisotopic (exact) mass is 304 g/mol. The lowest BCUT2D eigenvalue weighted by Crippen LogP contribution is -2.41. The van der Waals surface area contributed by atoms with Gasteiger partial charge in [0.15, 0.2) is 0 Å². The van der Waals surface area contributed by atoms with Crippen molar-refractivity contribution in [2.24, 2.45) is 5.92 Å². The Balaban J connectivity index is 3.33. The minimum absolute atomic E-state index is 0.0319. The second kappa shape index (κ2) is 6.07. The maximum Gasteiger partial charge on any atom is 0.241 e. The highest BCUT2D eigenvalue weighted by Crippen LogP contribution is 2.27. The molecule has 0 fully saturated rings. The molecule has 20 heavy (non-hydrogen) atoms. The maximum atomic E-state index is 13.5. The van der Waals surface area contributed by atoms with Crippen molar-refractivity contribution in [2.75, 3.05) is 12.3 Å². The quantitative estimate of drug-likeness (QED) is 0.715. The topological polar surface area (TPSA) is 92.4 Å². The SMILES string of the molecule is Cc1cc(F)c(N)c(C)c1S(=O)(=O)N[C@H](CO)C(C)C. The Morgan fingerprint density at radius 1 is 1.40 bits per heavy atom. The van der Waals surface area contributed by atoms with Crippen molar-refractivity contribution in [3.8, 4) is 0 Å². The molecular formula is C13H21FN2O3S. The number of nitrogens with two attached hydrogens (primary N) is 1. The summed E-state index contributed by atoms with van der Waals surface area (Å²) < 4.78 is 40.7. The first kappa shape index (κ1) is 16.9. The molecule has 1 aromatic carbocycles. The number of nitrogen functional groups attached to an aromatic ring is 1. The number of benzene rings is 1. The summed E-state index contributed by atoms with van der Waals surface area (Å²) >= 11 is 0. The zero-order valence-electron chi connectivity index (χ0n) is 12.1. The van der Waals surface area contributed by atoms with Crippen LogP contribution in [0.5, 0.6) is 0 Å². The second-order valence-corrected chi connectivity index (χ2v) is 6.85. The molecule has 1 aromatic rings. The van der Waals surface area contributed by atoms with Crippen LogP contribution in [0, 0.1) is 25.6 Å². The molecule has 7 heteroatoms. The van der Waals surface area contributed by atoms with Gasteiger partial charge in [-0.1, -0.05) is 13.8 Å². The molecule has 1 atom stereocenters. The lowest BCUT2D eigenvalue weighted by molar-refractivity contribution is 0.227. The molecule has 5 nitrogen and oxygen atoms in total. The average Bonchev–Trinajstić information content (AvgIpc) is 2.32. The Morgan fingerprint density at radius 2 is 1.95 bits per heavy atom. The molecular weight excluding hydrogens is 283 g/mol. The first-order chi connectivity index (χ1) is 9.11. The summed E-state index contributed by atoms with van der Waals surface area (Å²) in [4.78, 5) is -0.0319. The number of sulfonamides is 1. The molecule has 0 saturated heterocycles. The molecule has 0 heterocycles. The molecule has 0 saturated carbocycles. The number of halogens is 1. The normalized spacial score (nSPS) is 13.8. The number of aryl methyl sites for hydroxylation is 1. The van der Waals surface area contributed by atoms with Crippen LogP contribution in [-0.2, 0) is 10.0 Å². The highest BCUT2D eigenvalue weighted by molar-refractivity contribution is 7.89. The van der Waals surface area contributed by atoms with Gasteiger partial charge in [0.1, 0.15) is 5.82 Å². The lowest BCUT2D eigenvalue weighted by Gasteiger charge is -2.22. The highest BCUT2D eigenvalue weighted by atomic mass is 32.2. The van der Waals surface area contributed by atoms with Gasteiger partial charge in [0, 0.05) is 6.04 Å². The van der Waals surface area contributed by atoms with Crippen LogP contribution in [0.25, 0.3) is 0 Å². The van der Waals surface area contributed by atoms with Crippen LogP contribution in [0.15, 0.2) is 11.0 Å². The third-order valence-electron chi connectivity index (χ3n) is 3.28. The number of nitrogens with one attached hydrogen (secondary N) is 1. The van der Waals surface area contributed by atoms with Crippen molar-refractivity contribution in [3.63, 3.8) is 0 Å². The molecule has 0 aliphatic heterocycles. The lowest BCUT2D eigenvalue weighted by atomic mass is 10.1. The van der Waals surface area contributed by atoms with Crippen molar-refractivity contribution < 1.29 is 17.9 Å². The summed E-state index contributed by atoms with van der Waals surface area (Å²) in [7, 11) is -3.87. The van der Waals surface area contributed by atoms with E-state index in [9.17, 15) is 17.9 Å². The van der Waals surface area contributed by atoms with E-state index in [1.807, 2.05) is 0 Å². The van der Waals surface area contributed by atoms with Gasteiger partial charge < -0.3 is 10.8 Å². The van der Waals surface area contributed by atoms with Crippen LogP contribution in [0.3, 0.4) is 0 Å². The molecule has 0 aliphatic carbocycles. The zero-order valence-corrected chi connectivity index (χ0v) is 12.9. The van der Waals surface area contributed by atoms with Crippen LogP contribution in [0.4, 0.5) is 10.1 Å². The molecule has 0 bridgehead atoms. The number of aliphatic hydroxyl groups excluding tert-OH is 1. The molecule has 1 rings (SSSR count). The number of rotatable bonds is 5. The van der Waals surface area contributed by atoms with E-state index in [1.54, 1.807) is 13.8 Å². The molecule has 0 spiro atoms. The third-order valence-corrected chi connectivity index (χ3v) is 5.06. The zero-order chi connectivity index (χ0) is 15.7. The Labute approximate surface area is 119 Å². The molecule has 0 radical (unpaired) electrons. The van der Waals surface area contributed by atoms with Crippen molar-refractivity contribution in [1.82, 2.24) is 4.72 Å². The van der Waals surface area contributed by atoms with E-state index in [0.29, 0.717) is 0 Å². The summed E-state index contributed by atoms with van der Waals surface area (Å²) in [5.74, 6) is -0.713. The van der Waals surface area contributed by atoms with Crippen LogP contribution in [-0.4, -0.2) is 26.2 Å². The Kier molecular flexibility index (Phi) is 5.12. The number of hydrogen-bond acceptors (Lipinski definition) is 4. The first-order valence-electron chi connectivity index (χ1n) is 6.30. The van der Waals surface area contributed by atoms with Crippen molar-refractivity contribution in [3.05, 3.63) is 23.0 Å². The summed E-state index contributed by atoms with van der Waals surface area (Å²) in [6.07, 6.45) is 0. The number of hydrogen-bond donors (Lipinski definition) is 3. The van der Waals surface area contributed by atoms with Crippen molar-refractivity contribution in [2.45, 2.75) is 38.6 Å². The van der Waals surface area contributed by atoms with Crippen molar-refractivity contribution >= 4 is 15.7 Å². The highest BCUT2D eigenvalue weighted by Gasteiger charge is 2.26. The molecule has 0 aliphatic rings. The molecule has 4 N–H and O–H groups in total. The first-order valence-corrected chi connectivity index (χ1v) is 7.78. The van der Waals surface area contributed by atoms with Gasteiger partial charge in [-0.25, -0.2) is 17.5 Å². The third kappa shape index (κ3) is 3.28. The van der Waals surface area contributed by atoms with E-state index in [4.69, 9.17) is 5.73 Å². The summed E-state index contributed by atoms with van der Waals surface area (Å²) in [5, 5.41) is 9.23. The fraction of sp³-hybridized carbons (Fsp3) is 0.538. The van der Waals surface area contributed by atoms with Crippen LogP contribution < -0.4 is 10.5 Å². The summed E-state index contributed by atoms with van der Waals surface area (Å²) in [6, 6.07) is 0.491. The summed E-state index contributed by atoms with van der Waals surface area (Å²) in [6.45, 7) is 6.24. The summed E-state index contributed by atoms with van der Waals surface area (Å²) in [5.41, 5.74) is 5.83. The second-order valence-electron chi connectivity index (χ2n) is 5.20. The number of anilines is 1. The van der Waals surface area contributed by atoms with Gasteiger partial charge in [-0.2, -0.15) is 0 Å². The molecule has 0 unspecified atom stereocenters. The Morgan fingerprint density at radius 3 is 2.40 bits per heavy atom. The number of aliphatic hydroxyl groups is 1. The van der Waals surface area contributed by atoms with Gasteiger partial charge >= 0.3 is 0 Å². The van der Waals surface area contributed by atoms with Gasteiger partial charge in [0.2, 0.25) is 10.0 Å². The van der Waals surface area contributed by atoms with Gasteiger partial charge in [-0.3, -0.25) is 0 Å². The van der Waals surface area contributed by atoms with Gasteiger partial charge in [-0.05, 0) is 37.0 Å². The van der Waals surface area contributed by atoms with E-state index >= 15 is 0 Å². The van der Waals surface area contributed by atoms with E-state index in [-0.39, 0.29) is 34.2 Å². The fourth-order valence-corrected chi connectivity index (χ4v) is 3.85. The van der Waals surface area contributed by atoms with Gasteiger partial charge in [-0.15, -0.1) is 0 Å². The molecule has 114 valence electrons. The maximum absolute atomic E-state index is 13.5. The van der Waals surface area contributed by atoms with E-state index < -0.39 is 21.9 Å². The van der Waals surface area contributed by atoms with Gasteiger partial charge in [0.25, 0.3) is 0 Å². The Hall–Kier alpha value is -1.18. The van der Waals surface area contributed by atoms with E-state index in [1.165, 1.54) is 13.8 Å². The van der Waals surface area contributed by atoms with E-state index in [2.05, 4.69) is 4.72 Å². The van der Waals surface area contributed by atoms with Gasteiger partial charge in [0.05, 0.1) is 17.2 Å². The molecule has 0 aromatic heterocycles. The Bertz CT molecular complexity index is 600. The molecule has 0 amide bonds. The van der Waals surface area contributed by atoms with Crippen LogP contribution >= 0.6 is 0 Å². The minimum atomic E-state index is -3.87. The van der Waals surface area contributed by atoms with Crippen LogP contribution in [0.2, 0.25) is 0 Å². The fourth-order valence-electron chi connectivity index (χ4n) is 1.99. The smallest absolute Gasteiger partial charge is 0.241 e. The predicted octanol–water partition coefficient (Wildman–Crippen LogP) is 1.32. The average molecular weight is 304 g/mol. The predicted molar refractivity (Wildman–Crippen MR) is 76.3 cm³/mol. The standard InChI is InChI=1S/C13H21FN2O3S/c1-7(2)11(6-17)16-20(18,19)13-8(3)5-10(14)12(15)9(13)4/h5,7,11,16-17H,6,15H2,1-4H3/t11-/m1/s1. The largest absolute Gasteiger partial charge is 0.396 e. The minimum Gasteiger partial charge on any atom is -0.396 e.